The molecule has 4 rings (SSSR count). The number of fused-ring (bicyclic) bond motifs is 1. The lowest BCUT2D eigenvalue weighted by Gasteiger charge is -2.39. The molecule has 1 unspecified atom stereocenters. The fraction of sp³-hybridized carbons (Fsp3) is 0.409. The summed E-state index contributed by atoms with van der Waals surface area (Å²) in [5.74, 6) is -0.755. The van der Waals surface area contributed by atoms with Gasteiger partial charge in [-0.05, 0) is 29.5 Å². The first-order valence-corrected chi connectivity index (χ1v) is 9.82. The first kappa shape index (κ1) is 21.1. The van der Waals surface area contributed by atoms with E-state index in [9.17, 15) is 27.6 Å². The van der Waals surface area contributed by atoms with Crippen LogP contribution in [-0.2, 0) is 25.1 Å². The summed E-state index contributed by atoms with van der Waals surface area (Å²) in [6.07, 6.45) is -3.74. The Labute approximate surface area is 176 Å². The van der Waals surface area contributed by atoms with Gasteiger partial charge in [-0.3, -0.25) is 18.7 Å². The van der Waals surface area contributed by atoms with E-state index in [2.05, 4.69) is 5.32 Å². The molecule has 2 aliphatic rings. The van der Waals surface area contributed by atoms with Gasteiger partial charge in [0.1, 0.15) is 5.82 Å². The number of halogens is 3. The van der Waals surface area contributed by atoms with Crippen LogP contribution in [0, 0.1) is 5.41 Å². The summed E-state index contributed by atoms with van der Waals surface area (Å²) in [7, 11) is 2.85. The van der Waals surface area contributed by atoms with Crippen LogP contribution in [0.15, 0.2) is 45.1 Å². The highest BCUT2D eigenvalue weighted by molar-refractivity contribution is 6.01. The zero-order chi connectivity index (χ0) is 22.9. The molecule has 1 aromatic carbocycles. The van der Waals surface area contributed by atoms with Crippen LogP contribution in [-0.4, -0.2) is 14.9 Å². The number of aromatic nitrogens is 2. The lowest BCUT2D eigenvalue weighted by atomic mass is 9.69. The molecule has 2 aromatic rings. The summed E-state index contributed by atoms with van der Waals surface area (Å²) >= 11 is 0. The summed E-state index contributed by atoms with van der Waals surface area (Å²) < 4.78 is 41.4. The number of hydrogen-bond donors (Lipinski definition) is 1. The van der Waals surface area contributed by atoms with Crippen LogP contribution in [0.1, 0.15) is 49.3 Å². The summed E-state index contributed by atoms with van der Waals surface area (Å²) in [6, 6.07) is 4.48. The number of nitrogens with one attached hydrogen (secondary N) is 1. The van der Waals surface area contributed by atoms with Crippen LogP contribution in [0.25, 0.3) is 0 Å². The molecule has 0 saturated heterocycles. The van der Waals surface area contributed by atoms with E-state index in [0.29, 0.717) is 23.3 Å². The number of ketones is 1. The van der Waals surface area contributed by atoms with Crippen molar-refractivity contribution < 1.29 is 18.0 Å². The van der Waals surface area contributed by atoms with Gasteiger partial charge in [-0.15, -0.1) is 0 Å². The Balaban J connectivity index is 2.01. The number of allylic oxidation sites excluding steroid dienone is 2. The van der Waals surface area contributed by atoms with E-state index in [1.54, 1.807) is 0 Å². The molecule has 2 heterocycles. The van der Waals surface area contributed by atoms with E-state index in [1.807, 2.05) is 13.8 Å². The van der Waals surface area contributed by atoms with Crippen LogP contribution in [0.2, 0.25) is 0 Å². The Morgan fingerprint density at radius 1 is 1.00 bits per heavy atom. The highest BCUT2D eigenvalue weighted by atomic mass is 19.4. The van der Waals surface area contributed by atoms with Gasteiger partial charge < -0.3 is 5.32 Å². The van der Waals surface area contributed by atoms with Crippen molar-refractivity contribution in [3.05, 3.63) is 73.1 Å². The van der Waals surface area contributed by atoms with Crippen molar-refractivity contribution in [1.29, 1.82) is 0 Å². The van der Waals surface area contributed by atoms with Crippen molar-refractivity contribution in [3.63, 3.8) is 0 Å². The molecule has 0 bridgehead atoms. The van der Waals surface area contributed by atoms with E-state index >= 15 is 0 Å². The molecule has 1 aromatic heterocycles. The topological polar surface area (TPSA) is 73.1 Å². The molecule has 1 aliphatic heterocycles. The Morgan fingerprint density at radius 2 is 1.61 bits per heavy atom. The molecule has 164 valence electrons. The lowest BCUT2D eigenvalue weighted by Crippen LogP contribution is -2.45. The van der Waals surface area contributed by atoms with Gasteiger partial charge in [0.15, 0.2) is 5.78 Å². The standard InChI is InChI=1S/C22H22F3N3O3/c1-21(2)9-13-16(14(29)10-21)15(11-5-7-12(8-6-11)22(23,24)25)17-18(26-13)27(3)20(31)28(4)19(17)30/h5-8,15,26H,9-10H2,1-4H3. The summed E-state index contributed by atoms with van der Waals surface area (Å²) in [5.41, 5.74) is -0.715. The van der Waals surface area contributed by atoms with Crippen LogP contribution >= 0.6 is 0 Å². The highest BCUT2D eigenvalue weighted by Crippen LogP contribution is 2.47. The number of benzene rings is 1. The average Bonchev–Trinajstić information content (AvgIpc) is 2.67. The normalized spacial score (nSPS) is 20.2. The number of carbonyl (C=O) groups excluding carboxylic acids is 1. The monoisotopic (exact) mass is 433 g/mol. The Kier molecular flexibility index (Phi) is 4.57. The second-order valence-electron chi connectivity index (χ2n) is 8.98. The molecule has 1 atom stereocenters. The number of carbonyl (C=O) groups is 1. The molecule has 1 aliphatic carbocycles. The minimum Gasteiger partial charge on any atom is -0.344 e. The van der Waals surface area contributed by atoms with E-state index in [1.165, 1.54) is 30.8 Å². The molecule has 0 fully saturated rings. The van der Waals surface area contributed by atoms with Gasteiger partial charge in [0.25, 0.3) is 5.56 Å². The Hall–Kier alpha value is -3.10. The number of nitrogens with zero attached hydrogens (tertiary/aromatic N) is 2. The van der Waals surface area contributed by atoms with E-state index < -0.39 is 28.9 Å². The van der Waals surface area contributed by atoms with Crippen LogP contribution in [0.5, 0.6) is 0 Å². The van der Waals surface area contributed by atoms with Gasteiger partial charge in [0.2, 0.25) is 0 Å². The Morgan fingerprint density at radius 3 is 2.19 bits per heavy atom. The molecular weight excluding hydrogens is 411 g/mol. The van der Waals surface area contributed by atoms with E-state index in [4.69, 9.17) is 0 Å². The highest BCUT2D eigenvalue weighted by Gasteiger charge is 2.43. The molecule has 31 heavy (non-hydrogen) atoms. The first-order valence-electron chi connectivity index (χ1n) is 9.82. The third-order valence-electron chi connectivity index (χ3n) is 6.04. The number of alkyl halides is 3. The van der Waals surface area contributed by atoms with Crippen molar-refractivity contribution in [2.45, 2.75) is 38.8 Å². The van der Waals surface area contributed by atoms with Crippen molar-refractivity contribution in [2.24, 2.45) is 19.5 Å². The SMILES string of the molecule is Cn1c2c(c(=O)n(C)c1=O)C(c1ccc(C(F)(F)F)cc1)C1=C(CC(C)(C)CC1=O)N2. The zero-order valence-electron chi connectivity index (χ0n) is 17.6. The second kappa shape index (κ2) is 6.70. The quantitative estimate of drug-likeness (QED) is 0.749. The van der Waals surface area contributed by atoms with Gasteiger partial charge in [0, 0.05) is 37.7 Å². The Bertz CT molecular complexity index is 1250. The predicted octanol–water partition coefficient (Wildman–Crippen LogP) is 3.30. The maximum absolute atomic E-state index is 13.2. The maximum Gasteiger partial charge on any atom is 0.416 e. The van der Waals surface area contributed by atoms with Crippen molar-refractivity contribution in [1.82, 2.24) is 9.13 Å². The van der Waals surface area contributed by atoms with Gasteiger partial charge in [-0.25, -0.2) is 4.79 Å². The lowest BCUT2D eigenvalue weighted by molar-refractivity contribution is -0.137. The van der Waals surface area contributed by atoms with Gasteiger partial charge in [-0.2, -0.15) is 13.2 Å². The summed E-state index contributed by atoms with van der Waals surface area (Å²) in [4.78, 5) is 38.7. The molecule has 0 spiro atoms. The molecule has 6 nitrogen and oxygen atoms in total. The van der Waals surface area contributed by atoms with Gasteiger partial charge in [0.05, 0.1) is 11.1 Å². The minimum atomic E-state index is -4.50. The summed E-state index contributed by atoms with van der Waals surface area (Å²) in [6.45, 7) is 3.89. The number of rotatable bonds is 1. The minimum absolute atomic E-state index is 0.162. The molecule has 1 N–H and O–H groups in total. The molecule has 0 saturated carbocycles. The van der Waals surface area contributed by atoms with Crippen LogP contribution in [0.4, 0.5) is 19.0 Å². The first-order chi connectivity index (χ1) is 14.3. The van der Waals surface area contributed by atoms with Gasteiger partial charge in [-0.1, -0.05) is 26.0 Å². The van der Waals surface area contributed by atoms with Crippen molar-refractivity contribution in [3.8, 4) is 0 Å². The molecule has 0 radical (unpaired) electrons. The van der Waals surface area contributed by atoms with Crippen molar-refractivity contribution in [2.75, 3.05) is 5.32 Å². The summed E-state index contributed by atoms with van der Waals surface area (Å²) in [5, 5.41) is 3.13. The van der Waals surface area contributed by atoms with Crippen molar-refractivity contribution >= 4 is 11.6 Å². The fourth-order valence-corrected chi connectivity index (χ4v) is 4.55. The van der Waals surface area contributed by atoms with Crippen LogP contribution in [0.3, 0.4) is 0 Å². The maximum atomic E-state index is 13.2. The third kappa shape index (κ3) is 3.32. The van der Waals surface area contributed by atoms with E-state index in [-0.39, 0.29) is 29.0 Å². The predicted molar refractivity (Wildman–Crippen MR) is 109 cm³/mol. The number of hydrogen-bond acceptors (Lipinski definition) is 4. The third-order valence-corrected chi connectivity index (χ3v) is 6.04. The van der Waals surface area contributed by atoms with E-state index in [0.717, 1.165) is 16.7 Å². The second-order valence-corrected chi connectivity index (χ2v) is 8.98. The number of Topliss-reactive ketones (excluding diaryl/α,β-unsaturated/α-hetero) is 1. The number of anilines is 1. The smallest absolute Gasteiger partial charge is 0.344 e. The van der Waals surface area contributed by atoms with Crippen LogP contribution < -0.4 is 16.6 Å². The average molecular weight is 433 g/mol. The zero-order valence-corrected chi connectivity index (χ0v) is 17.6. The van der Waals surface area contributed by atoms with Gasteiger partial charge >= 0.3 is 11.9 Å². The molecular formula is C22H22F3N3O3. The molecule has 9 heteroatoms. The molecule has 0 amide bonds. The largest absolute Gasteiger partial charge is 0.416 e. The fourth-order valence-electron chi connectivity index (χ4n) is 4.55.